The Labute approximate surface area is 144 Å². The first-order valence-electron chi connectivity index (χ1n) is 7.57. The molecule has 0 saturated carbocycles. The third-order valence-corrected chi connectivity index (χ3v) is 4.60. The number of aryl methyl sites for hydroxylation is 2. The lowest BCUT2D eigenvalue weighted by Gasteiger charge is -2.07. The average Bonchev–Trinajstić information content (AvgIpc) is 3.14. The SMILES string of the molecule is Cc1ccccc1CNC(=O)c1nnn(Cc2nsnc2C)c1C. The molecule has 2 heterocycles. The number of carbonyl (C=O) groups excluding carboxylic acids is 1. The van der Waals surface area contributed by atoms with Crippen molar-refractivity contribution in [2.24, 2.45) is 0 Å². The Balaban J connectivity index is 1.70. The number of carbonyl (C=O) groups is 1. The van der Waals surface area contributed by atoms with Crippen molar-refractivity contribution in [2.45, 2.75) is 33.9 Å². The fraction of sp³-hybridized carbons (Fsp3) is 0.312. The van der Waals surface area contributed by atoms with E-state index in [9.17, 15) is 4.79 Å². The van der Waals surface area contributed by atoms with Gasteiger partial charge in [0.2, 0.25) is 0 Å². The highest BCUT2D eigenvalue weighted by molar-refractivity contribution is 6.99. The lowest BCUT2D eigenvalue weighted by molar-refractivity contribution is 0.0945. The molecule has 0 aliphatic rings. The molecule has 0 fully saturated rings. The maximum Gasteiger partial charge on any atom is 0.274 e. The van der Waals surface area contributed by atoms with Crippen molar-refractivity contribution in [3.63, 3.8) is 0 Å². The van der Waals surface area contributed by atoms with Crippen molar-refractivity contribution in [3.05, 3.63) is 58.2 Å². The Morgan fingerprint density at radius 2 is 2.00 bits per heavy atom. The van der Waals surface area contributed by atoms with Gasteiger partial charge < -0.3 is 5.32 Å². The Bertz CT molecular complexity index is 869. The minimum atomic E-state index is -0.227. The van der Waals surface area contributed by atoms with Crippen molar-refractivity contribution in [3.8, 4) is 0 Å². The van der Waals surface area contributed by atoms with E-state index in [1.807, 2.05) is 45.0 Å². The largest absolute Gasteiger partial charge is 0.346 e. The molecule has 0 bridgehead atoms. The molecule has 8 heteroatoms. The van der Waals surface area contributed by atoms with Crippen molar-refractivity contribution < 1.29 is 4.79 Å². The predicted molar refractivity (Wildman–Crippen MR) is 90.9 cm³/mol. The molecule has 124 valence electrons. The molecule has 0 aliphatic heterocycles. The molecule has 1 amide bonds. The second-order valence-corrected chi connectivity index (χ2v) is 6.12. The van der Waals surface area contributed by atoms with Crippen LogP contribution in [0.1, 0.15) is 38.7 Å². The molecule has 1 aromatic carbocycles. The summed E-state index contributed by atoms with van der Waals surface area (Å²) in [4.78, 5) is 12.4. The zero-order valence-corrected chi connectivity index (χ0v) is 14.6. The van der Waals surface area contributed by atoms with Crippen molar-refractivity contribution in [1.29, 1.82) is 0 Å². The first-order valence-corrected chi connectivity index (χ1v) is 8.30. The Morgan fingerprint density at radius 3 is 2.71 bits per heavy atom. The molecule has 3 aromatic rings. The van der Waals surface area contributed by atoms with E-state index < -0.39 is 0 Å². The van der Waals surface area contributed by atoms with E-state index in [1.54, 1.807) is 4.68 Å². The van der Waals surface area contributed by atoms with Crippen molar-refractivity contribution in [2.75, 3.05) is 0 Å². The summed E-state index contributed by atoms with van der Waals surface area (Å²) in [6, 6.07) is 7.95. The molecule has 0 aliphatic carbocycles. The third kappa shape index (κ3) is 3.33. The predicted octanol–water partition coefficient (Wildman–Crippen LogP) is 2.03. The number of nitrogens with one attached hydrogen (secondary N) is 1. The van der Waals surface area contributed by atoms with E-state index in [1.165, 1.54) is 11.7 Å². The molecule has 1 N–H and O–H groups in total. The summed E-state index contributed by atoms with van der Waals surface area (Å²) in [6.07, 6.45) is 0. The van der Waals surface area contributed by atoms with Gasteiger partial charge in [-0.05, 0) is 31.9 Å². The number of hydrogen-bond donors (Lipinski definition) is 1. The fourth-order valence-electron chi connectivity index (χ4n) is 2.32. The molecule has 0 radical (unpaired) electrons. The summed E-state index contributed by atoms with van der Waals surface area (Å²) in [7, 11) is 0. The molecule has 7 nitrogen and oxygen atoms in total. The van der Waals surface area contributed by atoms with Gasteiger partial charge in [-0.2, -0.15) is 8.75 Å². The van der Waals surface area contributed by atoms with Gasteiger partial charge in [-0.15, -0.1) is 5.10 Å². The van der Waals surface area contributed by atoms with Crippen LogP contribution in [0, 0.1) is 20.8 Å². The summed E-state index contributed by atoms with van der Waals surface area (Å²) in [5.74, 6) is -0.227. The van der Waals surface area contributed by atoms with Crippen LogP contribution in [0.2, 0.25) is 0 Å². The maximum absolute atomic E-state index is 12.4. The number of benzene rings is 1. The summed E-state index contributed by atoms with van der Waals surface area (Å²) in [5.41, 5.74) is 5.00. The van der Waals surface area contributed by atoms with Crippen LogP contribution in [0.25, 0.3) is 0 Å². The molecular weight excluding hydrogens is 324 g/mol. The quantitative estimate of drug-likeness (QED) is 0.767. The lowest BCUT2D eigenvalue weighted by atomic mass is 10.1. The number of nitrogens with zero attached hydrogens (tertiary/aromatic N) is 5. The van der Waals surface area contributed by atoms with Gasteiger partial charge in [0.05, 0.1) is 35.4 Å². The smallest absolute Gasteiger partial charge is 0.274 e. The molecule has 24 heavy (non-hydrogen) atoms. The fourth-order valence-corrected chi connectivity index (χ4v) is 2.88. The minimum absolute atomic E-state index is 0.227. The highest BCUT2D eigenvalue weighted by Crippen LogP contribution is 2.11. The van der Waals surface area contributed by atoms with E-state index in [2.05, 4.69) is 24.4 Å². The Morgan fingerprint density at radius 1 is 1.21 bits per heavy atom. The van der Waals surface area contributed by atoms with Gasteiger partial charge >= 0.3 is 0 Å². The van der Waals surface area contributed by atoms with Gasteiger partial charge in [0, 0.05) is 6.54 Å². The standard InChI is InChI=1S/C16H18N6OS/c1-10-6-4-5-7-13(10)8-17-16(23)15-12(3)22(21-18-15)9-14-11(2)19-24-20-14/h4-7H,8-9H2,1-3H3,(H,17,23). The highest BCUT2D eigenvalue weighted by Gasteiger charge is 2.17. The van der Waals surface area contributed by atoms with Gasteiger partial charge in [0.15, 0.2) is 5.69 Å². The molecule has 0 unspecified atom stereocenters. The summed E-state index contributed by atoms with van der Waals surface area (Å²) in [6.45, 7) is 6.69. The Hall–Kier alpha value is -2.61. The molecule has 3 rings (SSSR count). The zero-order chi connectivity index (χ0) is 17.1. The summed E-state index contributed by atoms with van der Waals surface area (Å²) in [5, 5.41) is 11.0. The highest BCUT2D eigenvalue weighted by atomic mass is 32.1. The van der Waals surface area contributed by atoms with Crippen LogP contribution in [0.5, 0.6) is 0 Å². The van der Waals surface area contributed by atoms with Gasteiger partial charge in [0.1, 0.15) is 0 Å². The maximum atomic E-state index is 12.4. The minimum Gasteiger partial charge on any atom is -0.346 e. The number of hydrogen-bond acceptors (Lipinski definition) is 6. The molecular formula is C16H18N6OS. The first kappa shape index (κ1) is 16.3. The van der Waals surface area contributed by atoms with E-state index in [-0.39, 0.29) is 5.91 Å². The van der Waals surface area contributed by atoms with Gasteiger partial charge in [-0.1, -0.05) is 29.5 Å². The van der Waals surface area contributed by atoms with Crippen LogP contribution in [-0.4, -0.2) is 29.6 Å². The van der Waals surface area contributed by atoms with E-state index in [4.69, 9.17) is 0 Å². The van der Waals surface area contributed by atoms with Crippen molar-refractivity contribution in [1.82, 2.24) is 29.1 Å². The zero-order valence-electron chi connectivity index (χ0n) is 13.8. The summed E-state index contributed by atoms with van der Waals surface area (Å²) < 4.78 is 10.1. The molecule has 0 atom stereocenters. The number of aromatic nitrogens is 5. The van der Waals surface area contributed by atoms with Crippen LogP contribution in [-0.2, 0) is 13.1 Å². The molecule has 0 spiro atoms. The number of amides is 1. The molecule has 2 aromatic heterocycles. The average molecular weight is 342 g/mol. The second-order valence-electron chi connectivity index (χ2n) is 5.59. The second kappa shape index (κ2) is 6.88. The van der Waals surface area contributed by atoms with Crippen LogP contribution in [0.3, 0.4) is 0 Å². The molecule has 0 saturated heterocycles. The van der Waals surface area contributed by atoms with E-state index in [0.717, 1.165) is 22.5 Å². The first-order chi connectivity index (χ1) is 11.6. The van der Waals surface area contributed by atoms with Crippen LogP contribution in [0.15, 0.2) is 24.3 Å². The van der Waals surface area contributed by atoms with E-state index in [0.29, 0.717) is 24.5 Å². The van der Waals surface area contributed by atoms with Crippen LogP contribution < -0.4 is 5.32 Å². The van der Waals surface area contributed by atoms with Gasteiger partial charge in [-0.25, -0.2) is 4.68 Å². The van der Waals surface area contributed by atoms with Crippen molar-refractivity contribution >= 4 is 17.6 Å². The van der Waals surface area contributed by atoms with E-state index >= 15 is 0 Å². The van der Waals surface area contributed by atoms with Crippen LogP contribution >= 0.6 is 11.7 Å². The third-order valence-electron chi connectivity index (χ3n) is 3.94. The number of rotatable bonds is 5. The lowest BCUT2D eigenvalue weighted by Crippen LogP contribution is -2.24. The Kier molecular flexibility index (Phi) is 4.66. The van der Waals surface area contributed by atoms with Gasteiger partial charge in [0.25, 0.3) is 5.91 Å². The topological polar surface area (TPSA) is 85.6 Å². The monoisotopic (exact) mass is 342 g/mol. The summed E-state index contributed by atoms with van der Waals surface area (Å²) >= 11 is 1.17. The van der Waals surface area contributed by atoms with Gasteiger partial charge in [-0.3, -0.25) is 4.79 Å². The normalized spacial score (nSPS) is 10.8. The van der Waals surface area contributed by atoms with Crippen LogP contribution in [0.4, 0.5) is 0 Å².